The standard InChI is InChI=1S/C8H10I2N2/c1-11(9)7-5-3-4-6-8(7)12(2)10/h3-6H,1-2H3. The molecule has 0 heterocycles. The van der Waals surface area contributed by atoms with Gasteiger partial charge in [-0.15, -0.1) is 0 Å². The lowest BCUT2D eigenvalue weighted by Crippen LogP contribution is -2.07. The molecule has 2 nitrogen and oxygen atoms in total. The van der Waals surface area contributed by atoms with Gasteiger partial charge in [0, 0.05) is 14.1 Å². The Kier molecular flexibility index (Phi) is 3.88. The van der Waals surface area contributed by atoms with Crippen molar-refractivity contribution in [3.05, 3.63) is 24.3 Å². The summed E-state index contributed by atoms with van der Waals surface area (Å²) in [5.74, 6) is 0. The van der Waals surface area contributed by atoms with Crippen LogP contribution in [0.15, 0.2) is 24.3 Å². The van der Waals surface area contributed by atoms with E-state index in [1.165, 1.54) is 11.4 Å². The van der Waals surface area contributed by atoms with E-state index < -0.39 is 0 Å². The quantitative estimate of drug-likeness (QED) is 0.567. The summed E-state index contributed by atoms with van der Waals surface area (Å²) >= 11 is 4.54. The van der Waals surface area contributed by atoms with E-state index in [1.807, 2.05) is 26.2 Å². The molecule has 0 aliphatic heterocycles. The third-order valence-corrected chi connectivity index (χ3v) is 2.59. The normalized spacial score (nSPS) is 9.67. The average Bonchev–Trinajstić information content (AvgIpc) is 2.04. The van der Waals surface area contributed by atoms with Crippen LogP contribution >= 0.6 is 45.7 Å². The Hall–Kier alpha value is 0.280. The van der Waals surface area contributed by atoms with Crippen molar-refractivity contribution in [2.45, 2.75) is 0 Å². The fourth-order valence-corrected chi connectivity index (χ4v) is 1.80. The molecule has 0 fully saturated rings. The van der Waals surface area contributed by atoms with Crippen molar-refractivity contribution in [3.63, 3.8) is 0 Å². The highest BCUT2D eigenvalue weighted by Gasteiger charge is 2.05. The lowest BCUT2D eigenvalue weighted by atomic mass is 10.3. The molecule has 12 heavy (non-hydrogen) atoms. The predicted molar refractivity (Wildman–Crippen MR) is 71.3 cm³/mol. The Bertz CT molecular complexity index is 234. The molecule has 0 atom stereocenters. The topological polar surface area (TPSA) is 6.48 Å². The molecule has 0 saturated carbocycles. The molecule has 0 aliphatic carbocycles. The second-order valence-corrected chi connectivity index (χ2v) is 5.34. The van der Waals surface area contributed by atoms with Gasteiger partial charge in [0.1, 0.15) is 0 Å². The van der Waals surface area contributed by atoms with Crippen LogP contribution in [0.4, 0.5) is 11.4 Å². The van der Waals surface area contributed by atoms with Crippen molar-refractivity contribution in [3.8, 4) is 0 Å². The molecule has 0 spiro atoms. The summed E-state index contributed by atoms with van der Waals surface area (Å²) in [4.78, 5) is 0. The van der Waals surface area contributed by atoms with E-state index >= 15 is 0 Å². The fourth-order valence-electron chi connectivity index (χ4n) is 0.985. The summed E-state index contributed by atoms with van der Waals surface area (Å²) in [5, 5.41) is 0. The largest absolute Gasteiger partial charge is 0.316 e. The van der Waals surface area contributed by atoms with Crippen molar-refractivity contribution < 1.29 is 0 Å². The SMILES string of the molecule is CN(I)c1ccccc1N(C)I. The summed E-state index contributed by atoms with van der Waals surface area (Å²) in [5.41, 5.74) is 2.46. The van der Waals surface area contributed by atoms with E-state index in [9.17, 15) is 0 Å². The predicted octanol–water partition coefficient (Wildman–Crippen LogP) is 3.26. The first-order valence-electron chi connectivity index (χ1n) is 3.51. The molecule has 4 heteroatoms. The Balaban J connectivity index is 3.09. The van der Waals surface area contributed by atoms with Crippen molar-refractivity contribution in [2.24, 2.45) is 0 Å². The van der Waals surface area contributed by atoms with Gasteiger partial charge in [-0.2, -0.15) is 0 Å². The van der Waals surface area contributed by atoms with Gasteiger partial charge in [-0.3, -0.25) is 0 Å². The molecule has 0 aliphatic rings. The maximum absolute atomic E-state index is 2.27. The number of hydrogen-bond donors (Lipinski definition) is 0. The molecular weight excluding hydrogens is 378 g/mol. The number of para-hydroxylation sites is 2. The molecule has 0 N–H and O–H groups in total. The van der Waals surface area contributed by atoms with Crippen LogP contribution < -0.4 is 6.23 Å². The van der Waals surface area contributed by atoms with Gasteiger partial charge in [-0.1, -0.05) is 12.1 Å². The Morgan fingerprint density at radius 1 is 0.917 bits per heavy atom. The van der Waals surface area contributed by atoms with Crippen LogP contribution in [0.25, 0.3) is 0 Å². The third-order valence-electron chi connectivity index (χ3n) is 1.55. The number of nitrogens with zero attached hydrogens (tertiary/aromatic N) is 2. The molecule has 1 rings (SSSR count). The first-order valence-corrected chi connectivity index (χ1v) is 5.44. The van der Waals surface area contributed by atoms with Gasteiger partial charge in [0.15, 0.2) is 0 Å². The molecule has 0 saturated heterocycles. The molecule has 1 aromatic rings. The van der Waals surface area contributed by atoms with Crippen LogP contribution in [0.2, 0.25) is 0 Å². The number of halogens is 2. The first-order chi connectivity index (χ1) is 5.63. The number of benzene rings is 1. The van der Waals surface area contributed by atoms with E-state index in [4.69, 9.17) is 0 Å². The van der Waals surface area contributed by atoms with Gasteiger partial charge < -0.3 is 6.23 Å². The molecule has 1 aromatic carbocycles. The van der Waals surface area contributed by atoms with Crippen LogP contribution in [-0.4, -0.2) is 14.1 Å². The maximum atomic E-state index is 2.27. The number of hydrogen-bond acceptors (Lipinski definition) is 2. The molecule has 0 amide bonds. The molecular formula is C8H10I2N2. The van der Waals surface area contributed by atoms with Gasteiger partial charge in [0.05, 0.1) is 57.1 Å². The average molecular weight is 388 g/mol. The first kappa shape index (κ1) is 10.4. The molecule has 0 radical (unpaired) electrons. The fraction of sp³-hybridized carbons (Fsp3) is 0.250. The van der Waals surface area contributed by atoms with Crippen LogP contribution in [0.3, 0.4) is 0 Å². The summed E-state index contributed by atoms with van der Waals surface area (Å²) in [6, 6.07) is 8.32. The van der Waals surface area contributed by atoms with E-state index in [0.29, 0.717) is 0 Å². The van der Waals surface area contributed by atoms with Crippen LogP contribution in [-0.2, 0) is 0 Å². The molecule has 0 unspecified atom stereocenters. The summed E-state index contributed by atoms with van der Waals surface area (Å²) in [7, 11) is 4.08. The number of rotatable bonds is 2. The summed E-state index contributed by atoms with van der Waals surface area (Å²) in [6.45, 7) is 0. The van der Waals surface area contributed by atoms with Gasteiger partial charge >= 0.3 is 0 Å². The van der Waals surface area contributed by atoms with Gasteiger partial charge in [0.25, 0.3) is 0 Å². The maximum Gasteiger partial charge on any atom is 0.0695 e. The van der Waals surface area contributed by atoms with Crippen molar-refractivity contribution in [1.82, 2.24) is 0 Å². The van der Waals surface area contributed by atoms with Gasteiger partial charge in [0.2, 0.25) is 0 Å². The highest BCUT2D eigenvalue weighted by molar-refractivity contribution is 14.1. The minimum absolute atomic E-state index is 1.23. The zero-order valence-electron chi connectivity index (χ0n) is 6.96. The lowest BCUT2D eigenvalue weighted by Gasteiger charge is -2.18. The number of anilines is 2. The second kappa shape index (κ2) is 4.50. The molecule has 66 valence electrons. The summed E-state index contributed by atoms with van der Waals surface area (Å²) < 4.78 is 4.17. The van der Waals surface area contributed by atoms with Crippen molar-refractivity contribution >= 4 is 57.1 Å². The van der Waals surface area contributed by atoms with E-state index in [0.717, 1.165) is 0 Å². The zero-order valence-corrected chi connectivity index (χ0v) is 11.3. The van der Waals surface area contributed by atoms with E-state index in [2.05, 4.69) is 64.1 Å². The Labute approximate surface area is 101 Å². The van der Waals surface area contributed by atoms with Crippen molar-refractivity contribution in [2.75, 3.05) is 20.3 Å². The highest BCUT2D eigenvalue weighted by atomic mass is 127. The minimum atomic E-state index is 1.23. The molecule has 0 bridgehead atoms. The van der Waals surface area contributed by atoms with E-state index in [-0.39, 0.29) is 0 Å². The Morgan fingerprint density at radius 3 is 1.50 bits per heavy atom. The minimum Gasteiger partial charge on any atom is -0.316 e. The molecule has 0 aromatic heterocycles. The van der Waals surface area contributed by atoms with Crippen LogP contribution in [0.1, 0.15) is 0 Å². The highest BCUT2D eigenvalue weighted by Crippen LogP contribution is 2.30. The van der Waals surface area contributed by atoms with Crippen LogP contribution in [0, 0.1) is 0 Å². The van der Waals surface area contributed by atoms with Crippen molar-refractivity contribution in [1.29, 1.82) is 0 Å². The lowest BCUT2D eigenvalue weighted by molar-refractivity contribution is 1.34. The Morgan fingerprint density at radius 2 is 1.25 bits per heavy atom. The third kappa shape index (κ3) is 2.38. The van der Waals surface area contributed by atoms with E-state index in [1.54, 1.807) is 0 Å². The monoisotopic (exact) mass is 388 g/mol. The second-order valence-electron chi connectivity index (χ2n) is 2.44. The van der Waals surface area contributed by atoms with Gasteiger partial charge in [-0.25, -0.2) is 0 Å². The van der Waals surface area contributed by atoms with Gasteiger partial charge in [-0.05, 0) is 12.1 Å². The summed E-state index contributed by atoms with van der Waals surface area (Å²) in [6.07, 6.45) is 0. The zero-order chi connectivity index (χ0) is 9.14. The smallest absolute Gasteiger partial charge is 0.0695 e. The van der Waals surface area contributed by atoms with Crippen LogP contribution in [0.5, 0.6) is 0 Å².